The Morgan fingerprint density at radius 2 is 1.80 bits per heavy atom. The summed E-state index contributed by atoms with van der Waals surface area (Å²) in [5.74, 6) is -0.877. The maximum absolute atomic E-state index is 14.6. The van der Waals surface area contributed by atoms with E-state index >= 15 is 0 Å². The molecule has 5 rings (SSSR count). The van der Waals surface area contributed by atoms with Gasteiger partial charge in [-0.2, -0.15) is 0 Å². The smallest absolute Gasteiger partial charge is 0.247 e. The van der Waals surface area contributed by atoms with Crippen molar-refractivity contribution >= 4 is 35.2 Å². The van der Waals surface area contributed by atoms with E-state index in [0.29, 0.717) is 38.3 Å². The Morgan fingerprint density at radius 3 is 2.43 bits per heavy atom. The fourth-order valence-corrected chi connectivity index (χ4v) is 9.86. The lowest BCUT2D eigenvalue weighted by molar-refractivity contribution is -0.143. The lowest BCUT2D eigenvalue weighted by atomic mass is 9.65. The van der Waals surface area contributed by atoms with E-state index in [4.69, 9.17) is 4.74 Å². The summed E-state index contributed by atoms with van der Waals surface area (Å²) in [7, 11) is 0. The Balaban J connectivity index is 1.52. The normalized spacial score (nSPS) is 26.8. The zero-order valence-electron chi connectivity index (χ0n) is 25.6. The number of hydrogen-bond acceptors (Lipinski definition) is 6. The number of likely N-dealkylation sites (tertiary alicyclic amines) is 1. The average Bonchev–Trinajstić information content (AvgIpc) is 3.62. The van der Waals surface area contributed by atoms with Crippen LogP contribution in [0.4, 0.5) is 5.69 Å². The number of amides is 3. The Kier molecular flexibility index (Phi) is 9.85. The van der Waals surface area contributed by atoms with Crippen LogP contribution >= 0.6 is 11.8 Å². The molecule has 0 saturated carbocycles. The minimum absolute atomic E-state index is 0.0456. The molecule has 0 aromatic heterocycles. The maximum Gasteiger partial charge on any atom is 0.247 e. The van der Waals surface area contributed by atoms with Gasteiger partial charge in [-0.15, -0.1) is 24.9 Å². The summed E-state index contributed by atoms with van der Waals surface area (Å²) < 4.78 is 4.85. The molecule has 9 heteroatoms. The highest BCUT2D eigenvalue weighted by atomic mass is 32.2. The zero-order valence-corrected chi connectivity index (χ0v) is 26.5. The fourth-order valence-electron chi connectivity index (χ4n) is 7.45. The molecular formula is C35H43N3O5S. The third-order valence-electron chi connectivity index (χ3n) is 9.24. The SMILES string of the molecule is C=CCN(Cc1ccccc1)C(=O)C1N(CCCO)C(=O)[C@@H]2[C@@H](C(=O)N(CC=C)c3ccc(OCC)cc3)[C@H]3CC(C)C12S3. The van der Waals surface area contributed by atoms with Gasteiger partial charge in [0.2, 0.25) is 17.7 Å². The lowest BCUT2D eigenvalue weighted by Gasteiger charge is -2.41. The van der Waals surface area contributed by atoms with Crippen LogP contribution in [0.25, 0.3) is 0 Å². The molecule has 2 aromatic carbocycles. The summed E-state index contributed by atoms with van der Waals surface area (Å²) in [6.45, 7) is 13.6. The second-order valence-electron chi connectivity index (χ2n) is 11.8. The quantitative estimate of drug-likeness (QED) is 0.313. The van der Waals surface area contributed by atoms with E-state index in [2.05, 4.69) is 20.1 Å². The summed E-state index contributed by atoms with van der Waals surface area (Å²) in [5, 5.41) is 9.65. The summed E-state index contributed by atoms with van der Waals surface area (Å²) in [5.41, 5.74) is 1.70. The van der Waals surface area contributed by atoms with Gasteiger partial charge in [-0.1, -0.05) is 49.4 Å². The van der Waals surface area contributed by atoms with Crippen LogP contribution in [0.5, 0.6) is 5.75 Å². The number of carbonyl (C=O) groups is 3. The molecule has 234 valence electrons. The number of fused-ring (bicyclic) bond motifs is 1. The summed E-state index contributed by atoms with van der Waals surface area (Å²) in [6.07, 6.45) is 4.51. The number of benzene rings is 2. The van der Waals surface area contributed by atoms with Crippen LogP contribution in [0.2, 0.25) is 0 Å². The minimum atomic E-state index is -0.747. The molecular weight excluding hydrogens is 574 g/mol. The van der Waals surface area contributed by atoms with Gasteiger partial charge in [0.05, 0.1) is 23.2 Å². The Morgan fingerprint density at radius 1 is 1.09 bits per heavy atom. The molecule has 1 spiro atoms. The largest absolute Gasteiger partial charge is 0.494 e. The van der Waals surface area contributed by atoms with Gasteiger partial charge in [0.15, 0.2) is 0 Å². The number of hydrogen-bond donors (Lipinski definition) is 1. The van der Waals surface area contributed by atoms with Crippen molar-refractivity contribution in [3.63, 3.8) is 0 Å². The molecule has 2 bridgehead atoms. The molecule has 3 heterocycles. The molecule has 6 atom stereocenters. The molecule has 3 saturated heterocycles. The van der Waals surface area contributed by atoms with Crippen LogP contribution in [-0.4, -0.2) is 81.5 Å². The van der Waals surface area contributed by atoms with E-state index in [1.165, 1.54) is 0 Å². The number of rotatable bonds is 14. The van der Waals surface area contributed by atoms with Crippen molar-refractivity contribution in [1.82, 2.24) is 9.80 Å². The van der Waals surface area contributed by atoms with Crippen LogP contribution in [0.1, 0.15) is 32.3 Å². The summed E-state index contributed by atoms with van der Waals surface area (Å²) in [4.78, 5) is 48.8. The number of thioether (sulfide) groups is 1. The average molecular weight is 618 g/mol. The van der Waals surface area contributed by atoms with E-state index in [-0.39, 0.29) is 42.0 Å². The number of ether oxygens (including phenoxy) is 1. The Bertz CT molecular complexity index is 1370. The molecule has 0 aliphatic carbocycles. The highest BCUT2D eigenvalue weighted by Gasteiger charge is 2.76. The molecule has 1 N–H and O–H groups in total. The van der Waals surface area contributed by atoms with Gasteiger partial charge in [0.1, 0.15) is 11.8 Å². The molecule has 44 heavy (non-hydrogen) atoms. The van der Waals surface area contributed by atoms with Gasteiger partial charge in [0, 0.05) is 43.7 Å². The van der Waals surface area contributed by atoms with Crippen molar-refractivity contribution in [1.29, 1.82) is 0 Å². The van der Waals surface area contributed by atoms with E-state index in [9.17, 15) is 19.5 Å². The molecule has 0 radical (unpaired) electrons. The number of nitrogens with zero attached hydrogens (tertiary/aromatic N) is 3. The second-order valence-corrected chi connectivity index (χ2v) is 13.4. The number of aliphatic hydroxyl groups excluding tert-OH is 1. The van der Waals surface area contributed by atoms with Crippen LogP contribution in [0, 0.1) is 17.8 Å². The molecule has 2 aromatic rings. The predicted octanol–water partition coefficient (Wildman–Crippen LogP) is 4.54. The van der Waals surface area contributed by atoms with Gasteiger partial charge >= 0.3 is 0 Å². The van der Waals surface area contributed by atoms with Crippen LogP contribution < -0.4 is 9.64 Å². The molecule has 8 nitrogen and oxygen atoms in total. The second kappa shape index (κ2) is 13.6. The first-order valence-electron chi connectivity index (χ1n) is 15.5. The van der Waals surface area contributed by atoms with Crippen molar-refractivity contribution in [2.45, 2.75) is 49.3 Å². The van der Waals surface area contributed by atoms with E-state index in [0.717, 1.165) is 17.7 Å². The van der Waals surface area contributed by atoms with Crippen molar-refractivity contribution in [3.8, 4) is 5.75 Å². The number of aliphatic hydroxyl groups is 1. The molecule has 3 unspecified atom stereocenters. The third kappa shape index (κ3) is 5.56. The standard InChI is InChI=1S/C35H43N3O5S/c1-5-18-36(23-25-12-9-8-10-13-25)34(42)31-35-24(4)22-28(44-35)29(30(35)33(41)38(31)20-11-21-39)32(40)37(19-6-2)26-14-16-27(17-15-26)43-7-3/h5-6,8-10,12-17,24,28-31,39H,1-2,7,11,18-23H2,3-4H3/t24?,28-,29+,30+,31?,35?/m1/s1. The number of carbonyl (C=O) groups excluding carboxylic acids is 3. The lowest BCUT2D eigenvalue weighted by Crippen LogP contribution is -2.57. The highest BCUT2D eigenvalue weighted by molar-refractivity contribution is 8.02. The monoisotopic (exact) mass is 617 g/mol. The van der Waals surface area contributed by atoms with Gasteiger partial charge in [-0.3, -0.25) is 14.4 Å². The predicted molar refractivity (Wildman–Crippen MR) is 174 cm³/mol. The minimum Gasteiger partial charge on any atom is -0.494 e. The molecule has 3 amide bonds. The van der Waals surface area contributed by atoms with Crippen molar-refractivity contribution in [3.05, 3.63) is 85.5 Å². The van der Waals surface area contributed by atoms with Gasteiger partial charge in [-0.05, 0) is 55.5 Å². The first-order chi connectivity index (χ1) is 21.3. The van der Waals surface area contributed by atoms with E-state index in [1.54, 1.807) is 38.6 Å². The van der Waals surface area contributed by atoms with Crippen LogP contribution in [-0.2, 0) is 20.9 Å². The van der Waals surface area contributed by atoms with Gasteiger partial charge in [0.25, 0.3) is 0 Å². The fraction of sp³-hybridized carbons (Fsp3) is 0.457. The van der Waals surface area contributed by atoms with Crippen molar-refractivity contribution < 1.29 is 24.2 Å². The van der Waals surface area contributed by atoms with E-state index in [1.807, 2.05) is 61.5 Å². The first-order valence-corrected chi connectivity index (χ1v) is 16.4. The third-order valence-corrected chi connectivity index (χ3v) is 11.3. The first kappa shape index (κ1) is 31.9. The maximum atomic E-state index is 14.6. The Labute approximate surface area is 264 Å². The molecule has 3 aliphatic heterocycles. The molecule has 3 fully saturated rings. The van der Waals surface area contributed by atoms with Gasteiger partial charge in [-0.25, -0.2) is 0 Å². The number of anilines is 1. The van der Waals surface area contributed by atoms with E-state index < -0.39 is 22.6 Å². The van der Waals surface area contributed by atoms with Crippen LogP contribution in [0.3, 0.4) is 0 Å². The summed E-state index contributed by atoms with van der Waals surface area (Å²) in [6, 6.07) is 16.5. The van der Waals surface area contributed by atoms with Crippen molar-refractivity contribution in [2.24, 2.45) is 17.8 Å². The van der Waals surface area contributed by atoms with Gasteiger partial charge < -0.3 is 24.5 Å². The Hall–Kier alpha value is -3.56. The van der Waals surface area contributed by atoms with Crippen molar-refractivity contribution in [2.75, 3.05) is 37.7 Å². The molecule has 3 aliphatic rings. The highest BCUT2D eigenvalue weighted by Crippen LogP contribution is 2.69. The topological polar surface area (TPSA) is 90.4 Å². The summed E-state index contributed by atoms with van der Waals surface area (Å²) >= 11 is 1.66. The van der Waals surface area contributed by atoms with Crippen LogP contribution in [0.15, 0.2) is 79.9 Å². The zero-order chi connectivity index (χ0) is 31.4.